The third-order valence-electron chi connectivity index (χ3n) is 0. The van der Waals surface area contributed by atoms with Gasteiger partial charge in [-0.15, -0.1) is 0 Å². The molecular weight excluding hydrogens is 298 g/mol. The molecule has 0 aliphatic rings. The Morgan fingerprint density at radius 1 is 0.538 bits per heavy atom. The molecule has 0 heterocycles. The average molecular weight is 304 g/mol. The van der Waals surface area contributed by atoms with Crippen molar-refractivity contribution in [2.45, 2.75) is 0 Å². The van der Waals surface area contributed by atoms with E-state index in [9.17, 15) is 0 Å². The number of hydrogen-bond acceptors (Lipinski definition) is 3. The third-order valence-corrected chi connectivity index (χ3v) is 0. The molecule has 0 fully saturated rings. The molecule has 0 rings (SSSR count). The Balaban J connectivity index is -0.0000000450. The van der Waals surface area contributed by atoms with Crippen LogP contribution in [0.3, 0.4) is 0 Å². The SMILES string of the molecule is [B].[O]=[Ti]([OH])[OH].[O]=[Ti]([OH])[OH].[O]=[Ti]([OH])[OH]. The van der Waals surface area contributed by atoms with Crippen molar-refractivity contribution in [2.75, 3.05) is 0 Å². The molecule has 13 heavy (non-hydrogen) atoms. The first-order valence-corrected chi connectivity index (χ1v) is 8.06. The Morgan fingerprint density at radius 2 is 0.538 bits per heavy atom. The molecule has 0 unspecified atom stereocenters. The molecule has 0 saturated carbocycles. The van der Waals surface area contributed by atoms with E-state index < -0.39 is 55.8 Å². The minimum atomic E-state index is -3.58. The molecule has 0 atom stereocenters. The van der Waals surface area contributed by atoms with Gasteiger partial charge in [-0.2, -0.15) is 0 Å². The Labute approximate surface area is 95.5 Å². The van der Waals surface area contributed by atoms with Crippen molar-refractivity contribution >= 4 is 8.41 Å². The molecule has 0 spiro atoms. The van der Waals surface area contributed by atoms with Gasteiger partial charge in [0.2, 0.25) is 0 Å². The molecule has 75 valence electrons. The van der Waals surface area contributed by atoms with Gasteiger partial charge in [-0.05, 0) is 0 Å². The van der Waals surface area contributed by atoms with Crippen LogP contribution in [0.2, 0.25) is 0 Å². The predicted octanol–water partition coefficient (Wildman–Crippen LogP) is -4.09. The molecule has 0 aromatic carbocycles. The van der Waals surface area contributed by atoms with E-state index in [0.29, 0.717) is 0 Å². The van der Waals surface area contributed by atoms with E-state index >= 15 is 0 Å². The minimum absolute atomic E-state index is 0. The maximum absolute atomic E-state index is 8.81. The van der Waals surface area contributed by atoms with E-state index in [1.807, 2.05) is 0 Å². The first-order chi connectivity index (χ1) is 5.20. The zero-order chi connectivity index (χ0) is 10.7. The number of hydrogen-bond donors (Lipinski definition) is 6. The van der Waals surface area contributed by atoms with Gasteiger partial charge in [0.05, 0.1) is 0 Å². The van der Waals surface area contributed by atoms with E-state index in [0.717, 1.165) is 0 Å². The van der Waals surface area contributed by atoms with E-state index in [1.165, 1.54) is 0 Å². The van der Waals surface area contributed by atoms with Gasteiger partial charge < -0.3 is 0 Å². The Hall–Kier alpha value is 1.37. The van der Waals surface area contributed by atoms with Crippen molar-refractivity contribution in [1.82, 2.24) is 0 Å². The zero-order valence-corrected chi connectivity index (χ0v) is 10.7. The summed E-state index contributed by atoms with van der Waals surface area (Å²) in [4.78, 5) is 0. The molecule has 0 aliphatic heterocycles. The first-order valence-electron chi connectivity index (χ1n) is 1.95. The maximum atomic E-state index is 8.81. The predicted molar refractivity (Wildman–Crippen MR) is 21.1 cm³/mol. The van der Waals surface area contributed by atoms with E-state index in [4.69, 9.17) is 32.1 Å². The van der Waals surface area contributed by atoms with E-state index in [-0.39, 0.29) is 8.41 Å². The van der Waals surface area contributed by atoms with Crippen molar-refractivity contribution in [3.05, 3.63) is 0 Å². The summed E-state index contributed by atoms with van der Waals surface area (Å²) in [6.07, 6.45) is 0. The molecule has 0 aliphatic carbocycles. The van der Waals surface area contributed by atoms with Gasteiger partial charge in [-0.25, -0.2) is 0 Å². The third kappa shape index (κ3) is 923. The number of rotatable bonds is 0. The van der Waals surface area contributed by atoms with Crippen molar-refractivity contribution in [1.29, 1.82) is 0 Å². The van der Waals surface area contributed by atoms with Crippen LogP contribution in [0.25, 0.3) is 0 Å². The summed E-state index contributed by atoms with van der Waals surface area (Å²) in [6.45, 7) is 0. The second-order valence-corrected chi connectivity index (χ2v) is 3.50. The van der Waals surface area contributed by atoms with Crippen LogP contribution in [-0.2, 0) is 65.8 Å². The van der Waals surface area contributed by atoms with Crippen molar-refractivity contribution in [3.63, 3.8) is 0 Å². The van der Waals surface area contributed by atoms with Gasteiger partial charge >= 0.3 is 88.0 Å². The van der Waals surface area contributed by atoms with Gasteiger partial charge in [0.1, 0.15) is 0 Å². The fraction of sp³-hybridized carbons (Fsp3) is 0. The Bertz CT molecular complexity index is 112. The Kier molecular flexibility index (Phi) is 35.0. The fourth-order valence-corrected chi connectivity index (χ4v) is 0. The van der Waals surface area contributed by atoms with Crippen LogP contribution in [0.5, 0.6) is 0 Å². The molecule has 0 amide bonds. The molecule has 9 nitrogen and oxygen atoms in total. The molecule has 13 heteroatoms. The van der Waals surface area contributed by atoms with Gasteiger partial charge in [0.15, 0.2) is 0 Å². The first kappa shape index (κ1) is 23.9. The Morgan fingerprint density at radius 3 is 0.538 bits per heavy atom. The summed E-state index contributed by atoms with van der Waals surface area (Å²) >= 11 is -10.8. The summed E-state index contributed by atoms with van der Waals surface area (Å²) in [7, 11) is 0. The van der Waals surface area contributed by atoms with E-state index in [2.05, 4.69) is 0 Å². The standard InChI is InChI=1S/B.6H2O.3O.3Ti/h;6*1H2;;;;;;/q;;;;;;;;;;3*+2/p-6. The average Bonchev–Trinajstić information content (AvgIpc) is 1.54. The van der Waals surface area contributed by atoms with Crippen LogP contribution < -0.4 is 0 Å². The molecule has 6 N–H and O–H groups in total. The van der Waals surface area contributed by atoms with Crippen molar-refractivity contribution in [3.8, 4) is 0 Å². The van der Waals surface area contributed by atoms with Crippen molar-refractivity contribution < 1.29 is 88.0 Å². The molecule has 3 radical (unpaired) electrons. The summed E-state index contributed by atoms with van der Waals surface area (Å²) in [6, 6.07) is 0. The summed E-state index contributed by atoms with van der Waals surface area (Å²) in [5, 5.41) is 0. The van der Waals surface area contributed by atoms with Gasteiger partial charge in [0.25, 0.3) is 0 Å². The van der Waals surface area contributed by atoms with Crippen LogP contribution >= 0.6 is 0 Å². The van der Waals surface area contributed by atoms with Crippen LogP contribution in [-0.4, -0.2) is 30.5 Å². The molecule has 0 bridgehead atoms. The summed E-state index contributed by atoms with van der Waals surface area (Å²) < 4.78 is 69.8. The quantitative estimate of drug-likeness (QED) is 0.243. The molecule has 0 saturated heterocycles. The van der Waals surface area contributed by atoms with Gasteiger partial charge in [0, 0.05) is 8.41 Å². The van der Waals surface area contributed by atoms with Crippen molar-refractivity contribution in [2.24, 2.45) is 0 Å². The second-order valence-electron chi connectivity index (χ2n) is 0.848. The molecule has 0 aromatic rings. The van der Waals surface area contributed by atoms with Gasteiger partial charge in [-0.3, -0.25) is 0 Å². The fourth-order valence-electron chi connectivity index (χ4n) is 0. The van der Waals surface area contributed by atoms with Crippen LogP contribution in [0.15, 0.2) is 0 Å². The van der Waals surface area contributed by atoms with E-state index in [1.54, 1.807) is 0 Å². The summed E-state index contributed by atoms with van der Waals surface area (Å²) in [5.74, 6) is 0. The van der Waals surface area contributed by atoms with Crippen LogP contribution in [0.4, 0.5) is 0 Å². The normalized spacial score (nSPS) is 6.00. The molecular formula is H6BO9Ti3. The monoisotopic (exact) mass is 305 g/mol. The zero-order valence-electron chi connectivity index (χ0n) is 5.99. The topological polar surface area (TPSA) is 173 Å². The van der Waals surface area contributed by atoms with Crippen LogP contribution in [0.1, 0.15) is 0 Å². The molecule has 0 aromatic heterocycles. The second kappa shape index (κ2) is 19.0. The van der Waals surface area contributed by atoms with Crippen LogP contribution in [0, 0.1) is 0 Å². The van der Waals surface area contributed by atoms with Gasteiger partial charge in [-0.1, -0.05) is 0 Å². The summed E-state index contributed by atoms with van der Waals surface area (Å²) in [5.41, 5.74) is 0.